The number of aromatic amines is 1. The summed E-state index contributed by atoms with van der Waals surface area (Å²) in [6.07, 6.45) is 1.71. The van der Waals surface area contributed by atoms with Gasteiger partial charge in [0.2, 0.25) is 0 Å². The van der Waals surface area contributed by atoms with Crippen LogP contribution in [0.3, 0.4) is 0 Å². The van der Waals surface area contributed by atoms with Crippen LogP contribution in [-0.2, 0) is 0 Å². The summed E-state index contributed by atoms with van der Waals surface area (Å²) in [5, 5.41) is -0.118. The highest BCUT2D eigenvalue weighted by atomic mass is 79.9. The molecule has 0 aromatic carbocycles. The molecule has 0 aliphatic carbocycles. The van der Waals surface area contributed by atoms with E-state index in [9.17, 15) is 0 Å². The average Bonchev–Trinajstić information content (AvgIpc) is 2.46. The molecular formula is C8H7BrClN3. The van der Waals surface area contributed by atoms with Crippen molar-refractivity contribution in [1.82, 2.24) is 15.0 Å². The van der Waals surface area contributed by atoms with E-state index in [0.717, 1.165) is 15.8 Å². The minimum atomic E-state index is -0.118. The van der Waals surface area contributed by atoms with E-state index in [-0.39, 0.29) is 5.38 Å². The normalized spacial score (nSPS) is 13.5. The van der Waals surface area contributed by atoms with Gasteiger partial charge in [-0.3, -0.25) is 0 Å². The van der Waals surface area contributed by atoms with Gasteiger partial charge in [-0.25, -0.2) is 9.97 Å². The first-order valence-electron chi connectivity index (χ1n) is 3.82. The van der Waals surface area contributed by atoms with Crippen LogP contribution in [0.2, 0.25) is 0 Å². The van der Waals surface area contributed by atoms with Crippen molar-refractivity contribution < 1.29 is 0 Å². The number of fused-ring (bicyclic) bond motifs is 1. The van der Waals surface area contributed by atoms with Crippen molar-refractivity contribution in [2.24, 2.45) is 0 Å². The Bertz CT molecular complexity index is 438. The molecule has 2 aromatic rings. The minimum Gasteiger partial charge on any atom is -0.339 e. The molecule has 13 heavy (non-hydrogen) atoms. The maximum absolute atomic E-state index is 5.88. The third kappa shape index (κ3) is 1.69. The first-order valence-corrected chi connectivity index (χ1v) is 5.05. The van der Waals surface area contributed by atoms with Gasteiger partial charge in [-0.15, -0.1) is 11.6 Å². The number of halogens is 2. The van der Waals surface area contributed by atoms with Crippen LogP contribution in [-0.4, -0.2) is 15.0 Å². The van der Waals surface area contributed by atoms with Crippen molar-refractivity contribution in [2.75, 3.05) is 0 Å². The molecule has 0 spiro atoms. The molecule has 0 saturated heterocycles. The van der Waals surface area contributed by atoms with Crippen molar-refractivity contribution in [1.29, 1.82) is 0 Å². The largest absolute Gasteiger partial charge is 0.339 e. The number of hydrogen-bond donors (Lipinski definition) is 1. The lowest BCUT2D eigenvalue weighted by molar-refractivity contribution is 0.960. The van der Waals surface area contributed by atoms with Crippen molar-refractivity contribution in [3.05, 3.63) is 22.6 Å². The van der Waals surface area contributed by atoms with E-state index < -0.39 is 0 Å². The Labute approximate surface area is 88.7 Å². The number of nitrogens with one attached hydrogen (secondary N) is 1. The molecule has 5 heteroatoms. The molecule has 0 amide bonds. The van der Waals surface area contributed by atoms with Gasteiger partial charge >= 0.3 is 0 Å². The van der Waals surface area contributed by atoms with Gasteiger partial charge < -0.3 is 4.98 Å². The molecule has 1 N–H and O–H groups in total. The Hall–Kier alpha value is -0.610. The van der Waals surface area contributed by atoms with Gasteiger partial charge in [0, 0.05) is 10.7 Å². The molecule has 0 bridgehead atoms. The molecule has 68 valence electrons. The number of nitrogens with zero attached hydrogens (tertiary/aromatic N) is 2. The predicted molar refractivity (Wildman–Crippen MR) is 55.9 cm³/mol. The fourth-order valence-corrected chi connectivity index (χ4v) is 1.52. The molecule has 2 rings (SSSR count). The summed E-state index contributed by atoms with van der Waals surface area (Å²) in [6, 6.07) is 1.93. The van der Waals surface area contributed by atoms with E-state index in [4.69, 9.17) is 11.6 Å². The molecule has 0 aliphatic rings. The van der Waals surface area contributed by atoms with E-state index in [2.05, 4.69) is 30.9 Å². The van der Waals surface area contributed by atoms with Crippen molar-refractivity contribution in [2.45, 2.75) is 12.3 Å². The lowest BCUT2D eigenvalue weighted by Crippen LogP contribution is -1.85. The zero-order valence-corrected chi connectivity index (χ0v) is 9.22. The Morgan fingerprint density at radius 1 is 1.62 bits per heavy atom. The van der Waals surface area contributed by atoms with Gasteiger partial charge in [0.05, 0.1) is 10.9 Å². The molecule has 0 radical (unpaired) electrons. The summed E-state index contributed by atoms with van der Waals surface area (Å²) in [4.78, 5) is 11.5. The van der Waals surface area contributed by atoms with Crippen LogP contribution in [0.15, 0.2) is 16.7 Å². The Kier molecular flexibility index (Phi) is 2.26. The second-order valence-corrected chi connectivity index (χ2v) is 4.33. The van der Waals surface area contributed by atoms with Crippen LogP contribution < -0.4 is 0 Å². The molecule has 1 atom stereocenters. The van der Waals surface area contributed by atoms with Crippen LogP contribution in [0.5, 0.6) is 0 Å². The average molecular weight is 261 g/mol. The summed E-state index contributed by atoms with van der Waals surface area (Å²) >= 11 is 9.22. The number of pyridine rings is 1. The smallest absolute Gasteiger partial charge is 0.177 e. The van der Waals surface area contributed by atoms with Crippen LogP contribution in [0.25, 0.3) is 11.2 Å². The van der Waals surface area contributed by atoms with E-state index in [1.165, 1.54) is 0 Å². The molecule has 0 saturated carbocycles. The van der Waals surface area contributed by atoms with Gasteiger partial charge in [-0.05, 0) is 28.9 Å². The standard InChI is InChI=1S/C8H7BrClN3/c1-4(10)7-12-6-2-5(9)3-11-8(6)13-7/h2-4H,1H3,(H,11,12,13). The van der Waals surface area contributed by atoms with Crippen LogP contribution in [0.1, 0.15) is 18.1 Å². The van der Waals surface area contributed by atoms with Gasteiger partial charge in [0.15, 0.2) is 5.65 Å². The highest BCUT2D eigenvalue weighted by molar-refractivity contribution is 9.10. The molecule has 3 nitrogen and oxygen atoms in total. The van der Waals surface area contributed by atoms with E-state index in [1.807, 2.05) is 13.0 Å². The molecule has 2 heterocycles. The van der Waals surface area contributed by atoms with Gasteiger partial charge in [-0.2, -0.15) is 0 Å². The van der Waals surface area contributed by atoms with Gasteiger partial charge in [0.25, 0.3) is 0 Å². The van der Waals surface area contributed by atoms with Crippen LogP contribution >= 0.6 is 27.5 Å². The highest BCUT2D eigenvalue weighted by Gasteiger charge is 2.08. The summed E-state index contributed by atoms with van der Waals surface area (Å²) in [6.45, 7) is 1.87. The number of H-pyrrole nitrogens is 1. The maximum Gasteiger partial charge on any atom is 0.177 e. The zero-order valence-electron chi connectivity index (χ0n) is 6.88. The third-order valence-corrected chi connectivity index (χ3v) is 2.34. The van der Waals surface area contributed by atoms with Crippen molar-refractivity contribution >= 4 is 38.7 Å². The Morgan fingerprint density at radius 3 is 3.08 bits per heavy atom. The fraction of sp³-hybridized carbons (Fsp3) is 0.250. The number of aromatic nitrogens is 3. The van der Waals surface area contributed by atoms with Crippen molar-refractivity contribution in [3.63, 3.8) is 0 Å². The lowest BCUT2D eigenvalue weighted by atomic mass is 10.4. The second-order valence-electron chi connectivity index (χ2n) is 2.76. The number of rotatable bonds is 1. The molecule has 0 fully saturated rings. The zero-order chi connectivity index (χ0) is 9.42. The molecule has 0 aliphatic heterocycles. The predicted octanol–water partition coefficient (Wildman–Crippen LogP) is 3.02. The topological polar surface area (TPSA) is 41.6 Å². The molecule has 2 aromatic heterocycles. The quantitative estimate of drug-likeness (QED) is 0.801. The fourth-order valence-electron chi connectivity index (χ4n) is 1.08. The third-order valence-electron chi connectivity index (χ3n) is 1.70. The van der Waals surface area contributed by atoms with E-state index >= 15 is 0 Å². The monoisotopic (exact) mass is 259 g/mol. The summed E-state index contributed by atoms with van der Waals surface area (Å²) in [5.41, 5.74) is 1.60. The van der Waals surface area contributed by atoms with Crippen molar-refractivity contribution in [3.8, 4) is 0 Å². The number of alkyl halides is 1. The SMILES string of the molecule is CC(Cl)c1nc2ncc(Br)cc2[nH]1. The highest BCUT2D eigenvalue weighted by Crippen LogP contribution is 2.20. The maximum atomic E-state index is 5.88. The summed E-state index contributed by atoms with van der Waals surface area (Å²) in [5.74, 6) is 0.752. The van der Waals surface area contributed by atoms with Crippen LogP contribution in [0, 0.1) is 0 Å². The Balaban J connectivity index is 2.62. The number of imidazole rings is 1. The summed E-state index contributed by atoms with van der Waals surface area (Å²) in [7, 11) is 0. The minimum absolute atomic E-state index is 0.118. The van der Waals surface area contributed by atoms with E-state index in [0.29, 0.717) is 5.65 Å². The summed E-state index contributed by atoms with van der Waals surface area (Å²) < 4.78 is 0.928. The van der Waals surface area contributed by atoms with Gasteiger partial charge in [-0.1, -0.05) is 0 Å². The lowest BCUT2D eigenvalue weighted by Gasteiger charge is -1.92. The second kappa shape index (κ2) is 3.27. The number of hydrogen-bond acceptors (Lipinski definition) is 2. The first kappa shape index (κ1) is 8.97. The molecule has 1 unspecified atom stereocenters. The molecular weight excluding hydrogens is 253 g/mol. The van der Waals surface area contributed by atoms with E-state index in [1.54, 1.807) is 6.20 Å². The van der Waals surface area contributed by atoms with Crippen LogP contribution in [0.4, 0.5) is 0 Å². The first-order chi connectivity index (χ1) is 6.16. The Morgan fingerprint density at radius 2 is 2.38 bits per heavy atom. The van der Waals surface area contributed by atoms with Gasteiger partial charge in [0.1, 0.15) is 5.82 Å².